The van der Waals surface area contributed by atoms with E-state index < -0.39 is 17.5 Å². The van der Waals surface area contributed by atoms with Gasteiger partial charge in [-0.15, -0.1) is 0 Å². The first-order valence-corrected chi connectivity index (χ1v) is 9.21. The Hall–Kier alpha value is -3.34. The Kier molecular flexibility index (Phi) is 5.20. The normalized spacial score (nSPS) is 15.5. The van der Waals surface area contributed by atoms with E-state index in [2.05, 4.69) is 15.3 Å². The molecule has 1 aliphatic heterocycles. The zero-order chi connectivity index (χ0) is 21.3. The quantitative estimate of drug-likeness (QED) is 0.672. The number of carbonyl (C=O) groups excluding carboxylic acids is 1. The van der Waals surface area contributed by atoms with E-state index in [9.17, 15) is 22.8 Å². The number of H-pyrrole nitrogens is 1. The van der Waals surface area contributed by atoms with Crippen molar-refractivity contribution >= 4 is 28.5 Å². The Labute approximate surface area is 168 Å². The van der Waals surface area contributed by atoms with E-state index in [0.717, 1.165) is 17.8 Å². The number of fused-ring (bicyclic) bond motifs is 1. The third-order valence-corrected chi connectivity index (χ3v) is 4.86. The van der Waals surface area contributed by atoms with Crippen LogP contribution in [0.2, 0.25) is 0 Å². The van der Waals surface area contributed by atoms with Crippen molar-refractivity contribution in [1.82, 2.24) is 14.9 Å². The van der Waals surface area contributed by atoms with E-state index in [0.29, 0.717) is 37.5 Å². The van der Waals surface area contributed by atoms with Crippen LogP contribution in [-0.2, 0) is 11.0 Å². The van der Waals surface area contributed by atoms with Gasteiger partial charge in [0.2, 0.25) is 5.91 Å². The Bertz CT molecular complexity index is 1100. The van der Waals surface area contributed by atoms with Gasteiger partial charge in [0.1, 0.15) is 0 Å². The third kappa shape index (κ3) is 4.46. The van der Waals surface area contributed by atoms with Gasteiger partial charge in [-0.2, -0.15) is 13.2 Å². The Morgan fingerprint density at radius 2 is 1.87 bits per heavy atom. The molecule has 8 nitrogen and oxygen atoms in total. The van der Waals surface area contributed by atoms with Crippen molar-refractivity contribution in [2.24, 2.45) is 0 Å². The number of oxazole rings is 1. The van der Waals surface area contributed by atoms with Crippen molar-refractivity contribution in [3.8, 4) is 0 Å². The summed E-state index contributed by atoms with van der Waals surface area (Å²) >= 11 is 0. The lowest BCUT2D eigenvalue weighted by Gasteiger charge is -2.35. The number of nitrogens with zero attached hydrogens (tertiary/aromatic N) is 3. The first kappa shape index (κ1) is 20.0. The van der Waals surface area contributed by atoms with Gasteiger partial charge in [-0.05, 0) is 24.3 Å². The molecule has 1 aliphatic rings. The maximum absolute atomic E-state index is 12.7. The zero-order valence-electron chi connectivity index (χ0n) is 15.7. The van der Waals surface area contributed by atoms with Crippen molar-refractivity contribution < 1.29 is 22.4 Å². The molecule has 2 aromatic heterocycles. The minimum Gasteiger partial charge on any atom is -0.406 e. The molecular weight excluding hydrogens is 403 g/mol. The monoisotopic (exact) mass is 421 g/mol. The van der Waals surface area contributed by atoms with Crippen LogP contribution < -0.4 is 16.0 Å². The third-order valence-electron chi connectivity index (χ3n) is 4.86. The van der Waals surface area contributed by atoms with Gasteiger partial charge in [0.25, 0.3) is 0 Å². The number of rotatable bonds is 4. The number of pyridine rings is 1. The standard InChI is InChI=1S/C19H18F3N5O3/c20-19(21,22)12-1-3-14(4-2-12)27-7-5-26(6-8-27)11-16(28)24-13-9-15-17(23-10-13)25-18(29)30-15/h1-4,9-10H,5-8,11H2,(H,24,28)(H,23,25,29). The fraction of sp³-hybridized carbons (Fsp3) is 0.316. The number of amides is 1. The smallest absolute Gasteiger partial charge is 0.406 e. The number of alkyl halides is 3. The van der Waals surface area contributed by atoms with Gasteiger partial charge in [0.05, 0.1) is 24.0 Å². The number of hydrogen-bond donors (Lipinski definition) is 2. The molecule has 1 aromatic carbocycles. The highest BCUT2D eigenvalue weighted by molar-refractivity contribution is 5.93. The van der Waals surface area contributed by atoms with Crippen LogP contribution in [0.25, 0.3) is 11.2 Å². The number of hydrogen-bond acceptors (Lipinski definition) is 6. The van der Waals surface area contributed by atoms with Crippen LogP contribution >= 0.6 is 0 Å². The van der Waals surface area contributed by atoms with Gasteiger partial charge in [-0.25, -0.2) is 9.78 Å². The molecule has 11 heteroatoms. The predicted molar refractivity (Wildman–Crippen MR) is 103 cm³/mol. The molecule has 4 rings (SSSR count). The van der Waals surface area contributed by atoms with Gasteiger partial charge >= 0.3 is 11.9 Å². The Balaban J connectivity index is 1.29. The SMILES string of the molecule is O=C(CN1CCN(c2ccc(C(F)(F)F)cc2)CC1)Nc1cnc2[nH]c(=O)oc2c1. The molecule has 3 heterocycles. The second-order valence-corrected chi connectivity index (χ2v) is 6.94. The molecule has 1 saturated heterocycles. The number of benzene rings is 1. The van der Waals surface area contributed by atoms with Crippen LogP contribution in [0.1, 0.15) is 5.56 Å². The number of halogens is 3. The topological polar surface area (TPSA) is 94.5 Å². The zero-order valence-corrected chi connectivity index (χ0v) is 15.7. The Morgan fingerprint density at radius 3 is 2.53 bits per heavy atom. The fourth-order valence-corrected chi connectivity index (χ4v) is 3.34. The molecule has 1 fully saturated rings. The number of anilines is 2. The highest BCUT2D eigenvalue weighted by atomic mass is 19.4. The van der Waals surface area contributed by atoms with Gasteiger partial charge < -0.3 is 14.6 Å². The van der Waals surface area contributed by atoms with E-state index in [1.807, 2.05) is 9.80 Å². The number of aromatic nitrogens is 2. The molecule has 0 unspecified atom stereocenters. The van der Waals surface area contributed by atoms with Crippen LogP contribution in [0.15, 0.2) is 45.7 Å². The number of carbonyl (C=O) groups is 1. The number of piperazine rings is 1. The van der Waals surface area contributed by atoms with Crippen molar-refractivity contribution in [3.05, 3.63) is 52.6 Å². The molecule has 0 radical (unpaired) electrons. The molecule has 30 heavy (non-hydrogen) atoms. The molecular formula is C19H18F3N5O3. The summed E-state index contributed by atoms with van der Waals surface area (Å²) < 4.78 is 43.0. The lowest BCUT2D eigenvalue weighted by Crippen LogP contribution is -2.48. The van der Waals surface area contributed by atoms with Crippen molar-refractivity contribution in [2.45, 2.75) is 6.18 Å². The maximum atomic E-state index is 12.7. The minimum atomic E-state index is -4.35. The van der Waals surface area contributed by atoms with Crippen LogP contribution in [0, 0.1) is 0 Å². The molecule has 0 aliphatic carbocycles. The second-order valence-electron chi connectivity index (χ2n) is 6.94. The summed E-state index contributed by atoms with van der Waals surface area (Å²) in [7, 11) is 0. The number of nitrogens with one attached hydrogen (secondary N) is 2. The van der Waals surface area contributed by atoms with Crippen LogP contribution in [0.5, 0.6) is 0 Å². The summed E-state index contributed by atoms with van der Waals surface area (Å²) in [6, 6.07) is 6.60. The minimum absolute atomic E-state index is 0.163. The van der Waals surface area contributed by atoms with Crippen LogP contribution in [0.3, 0.4) is 0 Å². The van der Waals surface area contributed by atoms with Gasteiger partial charge in [-0.3, -0.25) is 14.7 Å². The molecule has 0 spiro atoms. The summed E-state index contributed by atoms with van der Waals surface area (Å²) in [6.07, 6.45) is -2.93. The van der Waals surface area contributed by atoms with Crippen molar-refractivity contribution in [3.63, 3.8) is 0 Å². The van der Waals surface area contributed by atoms with E-state index in [1.54, 1.807) is 0 Å². The highest BCUT2D eigenvalue weighted by Crippen LogP contribution is 2.30. The lowest BCUT2D eigenvalue weighted by molar-refractivity contribution is -0.137. The van der Waals surface area contributed by atoms with E-state index in [4.69, 9.17) is 4.42 Å². The van der Waals surface area contributed by atoms with Crippen LogP contribution in [-0.4, -0.2) is 53.5 Å². The van der Waals surface area contributed by atoms with E-state index in [-0.39, 0.29) is 18.0 Å². The molecule has 0 saturated carbocycles. The largest absolute Gasteiger partial charge is 0.418 e. The number of aromatic amines is 1. The first-order chi connectivity index (χ1) is 14.3. The van der Waals surface area contributed by atoms with E-state index in [1.165, 1.54) is 24.4 Å². The van der Waals surface area contributed by atoms with Gasteiger partial charge in [-0.1, -0.05) is 0 Å². The average Bonchev–Trinajstić information content (AvgIpc) is 3.07. The molecule has 0 atom stereocenters. The van der Waals surface area contributed by atoms with Gasteiger partial charge in [0, 0.05) is 37.9 Å². The van der Waals surface area contributed by atoms with E-state index >= 15 is 0 Å². The summed E-state index contributed by atoms with van der Waals surface area (Å²) in [5.41, 5.74) is 1.02. The van der Waals surface area contributed by atoms with Crippen LogP contribution in [0.4, 0.5) is 24.5 Å². The summed E-state index contributed by atoms with van der Waals surface area (Å²) in [5.74, 6) is -0.857. The average molecular weight is 421 g/mol. The molecule has 0 bridgehead atoms. The highest BCUT2D eigenvalue weighted by Gasteiger charge is 2.30. The molecule has 158 valence electrons. The Morgan fingerprint density at radius 1 is 1.17 bits per heavy atom. The molecule has 1 amide bonds. The molecule has 2 N–H and O–H groups in total. The summed E-state index contributed by atoms with van der Waals surface area (Å²) in [4.78, 5) is 33.8. The molecule has 3 aromatic rings. The summed E-state index contributed by atoms with van der Waals surface area (Å²) in [5, 5.41) is 2.71. The first-order valence-electron chi connectivity index (χ1n) is 9.21. The van der Waals surface area contributed by atoms with Crippen molar-refractivity contribution in [2.75, 3.05) is 42.9 Å². The predicted octanol–water partition coefficient (Wildman–Crippen LogP) is 2.30. The van der Waals surface area contributed by atoms with Crippen molar-refractivity contribution in [1.29, 1.82) is 0 Å². The second kappa shape index (κ2) is 7.82. The fourth-order valence-electron chi connectivity index (χ4n) is 3.34. The lowest BCUT2D eigenvalue weighted by atomic mass is 10.1. The summed E-state index contributed by atoms with van der Waals surface area (Å²) in [6.45, 7) is 2.55. The maximum Gasteiger partial charge on any atom is 0.418 e. The van der Waals surface area contributed by atoms with Gasteiger partial charge in [0.15, 0.2) is 11.2 Å².